The van der Waals surface area contributed by atoms with Crippen molar-refractivity contribution in [2.45, 2.75) is 40.5 Å². The summed E-state index contributed by atoms with van der Waals surface area (Å²) >= 11 is 0. The first-order chi connectivity index (χ1) is 8.94. The molecular formula is C15H31N3O. The minimum Gasteiger partial charge on any atom is -0.380 e. The Hall–Kier alpha value is -0.770. The van der Waals surface area contributed by atoms with E-state index in [9.17, 15) is 0 Å². The Morgan fingerprint density at radius 3 is 2.63 bits per heavy atom. The van der Waals surface area contributed by atoms with Crippen molar-refractivity contribution in [1.82, 2.24) is 10.2 Å². The summed E-state index contributed by atoms with van der Waals surface area (Å²) in [7, 11) is 1.85. The highest BCUT2D eigenvalue weighted by atomic mass is 16.5. The number of hydrogen-bond donors (Lipinski definition) is 1. The SMILES string of the molecule is CN=C(NCCOCCC(C)C)N1CCC(C)(C)C1. The van der Waals surface area contributed by atoms with Crippen molar-refractivity contribution >= 4 is 5.96 Å². The molecule has 1 N–H and O–H groups in total. The first kappa shape index (κ1) is 16.3. The predicted molar refractivity (Wildman–Crippen MR) is 81.6 cm³/mol. The van der Waals surface area contributed by atoms with Gasteiger partial charge in [-0.05, 0) is 24.2 Å². The van der Waals surface area contributed by atoms with Crippen molar-refractivity contribution in [3.8, 4) is 0 Å². The van der Waals surface area contributed by atoms with Crippen LogP contribution in [0.15, 0.2) is 4.99 Å². The third kappa shape index (κ3) is 6.28. The molecule has 19 heavy (non-hydrogen) atoms. The number of aliphatic imine (C=N–C) groups is 1. The lowest BCUT2D eigenvalue weighted by molar-refractivity contribution is 0.127. The summed E-state index contributed by atoms with van der Waals surface area (Å²) in [6.45, 7) is 13.7. The highest BCUT2D eigenvalue weighted by molar-refractivity contribution is 5.80. The third-order valence-corrected chi connectivity index (χ3v) is 3.56. The predicted octanol–water partition coefficient (Wildman–Crippen LogP) is 2.36. The standard InChI is InChI=1S/C15H31N3O/c1-13(2)6-10-19-11-8-17-14(16-5)18-9-7-15(3,4)12-18/h13H,6-12H2,1-5H3,(H,16,17). The maximum absolute atomic E-state index is 5.61. The van der Waals surface area contributed by atoms with E-state index < -0.39 is 0 Å². The molecule has 1 heterocycles. The third-order valence-electron chi connectivity index (χ3n) is 3.56. The molecule has 1 saturated heterocycles. The van der Waals surface area contributed by atoms with Gasteiger partial charge in [-0.3, -0.25) is 4.99 Å². The van der Waals surface area contributed by atoms with Gasteiger partial charge in [0.15, 0.2) is 5.96 Å². The van der Waals surface area contributed by atoms with Gasteiger partial charge >= 0.3 is 0 Å². The molecule has 0 aromatic carbocycles. The summed E-state index contributed by atoms with van der Waals surface area (Å²) < 4.78 is 5.61. The summed E-state index contributed by atoms with van der Waals surface area (Å²) in [5, 5.41) is 3.39. The molecule has 112 valence electrons. The minimum atomic E-state index is 0.408. The van der Waals surface area contributed by atoms with Crippen molar-refractivity contribution in [2.24, 2.45) is 16.3 Å². The quantitative estimate of drug-likeness (QED) is 0.457. The first-order valence-corrected chi connectivity index (χ1v) is 7.48. The summed E-state index contributed by atoms with van der Waals surface area (Å²) in [5.74, 6) is 1.73. The second-order valence-corrected chi connectivity index (χ2v) is 6.60. The fourth-order valence-corrected chi connectivity index (χ4v) is 2.28. The summed E-state index contributed by atoms with van der Waals surface area (Å²) in [6.07, 6.45) is 2.37. The fraction of sp³-hybridized carbons (Fsp3) is 0.933. The molecule has 1 fully saturated rings. The van der Waals surface area contributed by atoms with Crippen LogP contribution in [-0.4, -0.2) is 50.8 Å². The molecule has 0 aromatic rings. The van der Waals surface area contributed by atoms with Crippen molar-refractivity contribution < 1.29 is 4.74 Å². The zero-order valence-corrected chi connectivity index (χ0v) is 13.3. The van der Waals surface area contributed by atoms with Gasteiger partial charge in [-0.25, -0.2) is 0 Å². The number of likely N-dealkylation sites (tertiary alicyclic amines) is 1. The molecule has 1 aliphatic rings. The Labute approximate surface area is 118 Å². The van der Waals surface area contributed by atoms with Crippen molar-refractivity contribution in [3.63, 3.8) is 0 Å². The van der Waals surface area contributed by atoms with Crippen LogP contribution in [0.3, 0.4) is 0 Å². The summed E-state index contributed by atoms with van der Waals surface area (Å²) in [5.41, 5.74) is 0.408. The Balaban J connectivity index is 2.17. The lowest BCUT2D eigenvalue weighted by Crippen LogP contribution is -2.42. The Kier molecular flexibility index (Phi) is 6.63. The van der Waals surface area contributed by atoms with Gasteiger partial charge in [0.05, 0.1) is 6.61 Å². The second kappa shape index (κ2) is 7.73. The molecule has 0 saturated carbocycles. The average Bonchev–Trinajstić information content (AvgIpc) is 2.68. The van der Waals surface area contributed by atoms with E-state index in [4.69, 9.17) is 4.74 Å². The molecule has 0 unspecified atom stereocenters. The largest absolute Gasteiger partial charge is 0.380 e. The van der Waals surface area contributed by atoms with E-state index in [1.807, 2.05) is 7.05 Å². The molecule has 0 radical (unpaired) electrons. The summed E-state index contributed by atoms with van der Waals surface area (Å²) in [4.78, 5) is 6.70. The fourth-order valence-electron chi connectivity index (χ4n) is 2.28. The lowest BCUT2D eigenvalue weighted by atomic mass is 9.93. The second-order valence-electron chi connectivity index (χ2n) is 6.60. The summed E-state index contributed by atoms with van der Waals surface area (Å²) in [6, 6.07) is 0. The van der Waals surface area contributed by atoms with Crippen molar-refractivity contribution in [3.05, 3.63) is 0 Å². The molecular weight excluding hydrogens is 238 g/mol. The molecule has 0 aromatic heterocycles. The van der Waals surface area contributed by atoms with E-state index in [1.54, 1.807) is 0 Å². The molecule has 0 bridgehead atoms. The monoisotopic (exact) mass is 269 g/mol. The molecule has 4 nitrogen and oxygen atoms in total. The minimum absolute atomic E-state index is 0.408. The average molecular weight is 269 g/mol. The smallest absolute Gasteiger partial charge is 0.193 e. The highest BCUT2D eigenvalue weighted by Gasteiger charge is 2.30. The van der Waals surface area contributed by atoms with E-state index in [1.165, 1.54) is 6.42 Å². The molecule has 0 aliphatic carbocycles. The number of rotatable bonds is 6. The molecule has 4 heteroatoms. The zero-order valence-electron chi connectivity index (χ0n) is 13.3. The van der Waals surface area contributed by atoms with Gasteiger partial charge in [0.25, 0.3) is 0 Å². The Morgan fingerprint density at radius 2 is 2.11 bits per heavy atom. The lowest BCUT2D eigenvalue weighted by Gasteiger charge is -2.23. The van der Waals surface area contributed by atoms with Crippen LogP contribution in [0.25, 0.3) is 0 Å². The van der Waals surface area contributed by atoms with Crippen LogP contribution in [0.4, 0.5) is 0 Å². The number of guanidine groups is 1. The van der Waals surface area contributed by atoms with Gasteiger partial charge in [-0.2, -0.15) is 0 Å². The van der Waals surface area contributed by atoms with Gasteiger partial charge in [-0.15, -0.1) is 0 Å². The number of nitrogens with one attached hydrogen (secondary N) is 1. The Morgan fingerprint density at radius 1 is 1.37 bits per heavy atom. The highest BCUT2D eigenvalue weighted by Crippen LogP contribution is 2.28. The molecule has 0 amide bonds. The van der Waals surface area contributed by atoms with E-state index in [-0.39, 0.29) is 0 Å². The topological polar surface area (TPSA) is 36.9 Å². The van der Waals surface area contributed by atoms with Gasteiger partial charge in [0.1, 0.15) is 0 Å². The Bertz CT molecular complexity index is 287. The van der Waals surface area contributed by atoms with Crippen LogP contribution in [-0.2, 0) is 4.74 Å². The molecule has 1 rings (SSSR count). The normalized spacial score (nSPS) is 19.3. The van der Waals surface area contributed by atoms with Crippen LogP contribution in [0, 0.1) is 11.3 Å². The van der Waals surface area contributed by atoms with E-state index in [2.05, 4.69) is 42.9 Å². The molecule has 0 atom stereocenters. The zero-order chi connectivity index (χ0) is 14.3. The van der Waals surface area contributed by atoms with Crippen LogP contribution < -0.4 is 5.32 Å². The van der Waals surface area contributed by atoms with Crippen LogP contribution in [0.5, 0.6) is 0 Å². The number of ether oxygens (including phenoxy) is 1. The van der Waals surface area contributed by atoms with Crippen molar-refractivity contribution in [1.29, 1.82) is 0 Å². The molecule has 0 spiro atoms. The maximum atomic E-state index is 5.61. The number of nitrogens with zero attached hydrogens (tertiary/aromatic N) is 2. The van der Waals surface area contributed by atoms with E-state index in [0.717, 1.165) is 45.2 Å². The van der Waals surface area contributed by atoms with Crippen LogP contribution in [0.1, 0.15) is 40.5 Å². The van der Waals surface area contributed by atoms with Gasteiger partial charge in [0, 0.05) is 33.3 Å². The van der Waals surface area contributed by atoms with Crippen LogP contribution >= 0.6 is 0 Å². The van der Waals surface area contributed by atoms with E-state index in [0.29, 0.717) is 11.3 Å². The van der Waals surface area contributed by atoms with Crippen LogP contribution in [0.2, 0.25) is 0 Å². The van der Waals surface area contributed by atoms with Gasteiger partial charge < -0.3 is 15.0 Å². The van der Waals surface area contributed by atoms with Gasteiger partial charge in [0.2, 0.25) is 0 Å². The maximum Gasteiger partial charge on any atom is 0.193 e. The first-order valence-electron chi connectivity index (χ1n) is 7.48. The number of hydrogen-bond acceptors (Lipinski definition) is 2. The van der Waals surface area contributed by atoms with E-state index >= 15 is 0 Å². The van der Waals surface area contributed by atoms with Gasteiger partial charge in [-0.1, -0.05) is 27.7 Å². The van der Waals surface area contributed by atoms with Crippen molar-refractivity contribution in [2.75, 3.05) is 39.9 Å². The molecule has 1 aliphatic heterocycles.